The minimum absolute atomic E-state index is 0.0494. The van der Waals surface area contributed by atoms with Crippen LogP contribution in [0.3, 0.4) is 0 Å². The summed E-state index contributed by atoms with van der Waals surface area (Å²) < 4.78 is 5.41. The average Bonchev–Trinajstić information content (AvgIpc) is 3.00. The zero-order valence-electron chi connectivity index (χ0n) is 23.3. The Morgan fingerprint density at radius 3 is 2.21 bits per heavy atom. The number of carbonyl (C=O) groups is 3. The van der Waals surface area contributed by atoms with Crippen LogP contribution in [0.4, 0.5) is 11.4 Å². The highest BCUT2D eigenvalue weighted by molar-refractivity contribution is 8.00. The number of amides is 3. The summed E-state index contributed by atoms with van der Waals surface area (Å²) in [5.74, 6) is -0.520. The van der Waals surface area contributed by atoms with Gasteiger partial charge in [0.2, 0.25) is 5.91 Å². The number of ether oxygens (including phenoxy) is 1. The molecule has 3 amide bonds. The van der Waals surface area contributed by atoms with Gasteiger partial charge >= 0.3 is 0 Å². The molecule has 4 aromatic carbocycles. The SMILES string of the molecule is COc1ccccc1/C=C(\NC(=O)c1ccccc1)C(=O)Nc1ccc(SC(C)C(=O)Nc2ccc(C)c(Cl)c2)cc1. The Balaban J connectivity index is 1.45. The second-order valence-corrected chi connectivity index (χ2v) is 11.1. The molecule has 3 N–H and O–H groups in total. The lowest BCUT2D eigenvalue weighted by Crippen LogP contribution is -2.30. The minimum atomic E-state index is -0.505. The molecule has 0 aliphatic rings. The number of nitrogens with one attached hydrogen (secondary N) is 3. The first-order valence-electron chi connectivity index (χ1n) is 13.1. The number of anilines is 2. The summed E-state index contributed by atoms with van der Waals surface area (Å²) in [7, 11) is 1.54. The monoisotopic (exact) mass is 599 g/mol. The van der Waals surface area contributed by atoms with E-state index in [2.05, 4.69) is 16.0 Å². The van der Waals surface area contributed by atoms with Crippen molar-refractivity contribution < 1.29 is 19.1 Å². The van der Waals surface area contributed by atoms with Gasteiger partial charge in [0.05, 0.1) is 12.4 Å². The van der Waals surface area contributed by atoms with E-state index in [-0.39, 0.29) is 16.9 Å². The van der Waals surface area contributed by atoms with E-state index in [4.69, 9.17) is 16.3 Å². The molecule has 0 aromatic heterocycles. The van der Waals surface area contributed by atoms with Crippen LogP contribution in [0.15, 0.2) is 108 Å². The average molecular weight is 600 g/mol. The molecule has 0 radical (unpaired) electrons. The maximum absolute atomic E-state index is 13.4. The number of hydrogen-bond acceptors (Lipinski definition) is 5. The maximum atomic E-state index is 13.4. The third-order valence-corrected chi connectivity index (χ3v) is 7.72. The number of aryl methyl sites for hydroxylation is 1. The number of carbonyl (C=O) groups excluding carboxylic acids is 3. The molecular formula is C33H30ClN3O4S. The number of thioether (sulfide) groups is 1. The van der Waals surface area contributed by atoms with E-state index in [9.17, 15) is 14.4 Å². The van der Waals surface area contributed by atoms with Crippen molar-refractivity contribution in [2.24, 2.45) is 0 Å². The Morgan fingerprint density at radius 1 is 0.857 bits per heavy atom. The third-order valence-electron chi connectivity index (χ3n) is 6.20. The van der Waals surface area contributed by atoms with Gasteiger partial charge in [0.25, 0.3) is 11.8 Å². The van der Waals surface area contributed by atoms with Gasteiger partial charge < -0.3 is 20.7 Å². The summed E-state index contributed by atoms with van der Waals surface area (Å²) in [4.78, 5) is 39.8. The summed E-state index contributed by atoms with van der Waals surface area (Å²) >= 11 is 7.55. The van der Waals surface area contributed by atoms with Gasteiger partial charge in [0.15, 0.2) is 0 Å². The summed E-state index contributed by atoms with van der Waals surface area (Å²) in [6, 6.07) is 28.4. The number of rotatable bonds is 10. The minimum Gasteiger partial charge on any atom is -0.496 e. The van der Waals surface area contributed by atoms with Crippen molar-refractivity contribution >= 4 is 58.5 Å². The van der Waals surface area contributed by atoms with Gasteiger partial charge in [0.1, 0.15) is 11.4 Å². The highest BCUT2D eigenvalue weighted by Gasteiger charge is 2.18. The van der Waals surface area contributed by atoms with E-state index in [1.807, 2.05) is 56.3 Å². The zero-order chi connectivity index (χ0) is 30.1. The topological polar surface area (TPSA) is 96.5 Å². The van der Waals surface area contributed by atoms with E-state index < -0.39 is 11.8 Å². The van der Waals surface area contributed by atoms with Crippen LogP contribution in [0.25, 0.3) is 6.08 Å². The second-order valence-electron chi connectivity index (χ2n) is 9.31. The fourth-order valence-corrected chi connectivity index (χ4v) is 4.92. The first-order valence-corrected chi connectivity index (χ1v) is 14.4. The fraction of sp³-hybridized carbons (Fsp3) is 0.121. The molecule has 0 saturated carbocycles. The molecule has 4 aromatic rings. The summed E-state index contributed by atoms with van der Waals surface area (Å²) in [6.45, 7) is 3.71. The van der Waals surface area contributed by atoms with Crippen LogP contribution in [0.5, 0.6) is 5.75 Å². The lowest BCUT2D eigenvalue weighted by atomic mass is 10.1. The molecule has 9 heteroatoms. The van der Waals surface area contributed by atoms with E-state index in [1.165, 1.54) is 18.9 Å². The predicted octanol–water partition coefficient (Wildman–Crippen LogP) is 7.19. The number of hydrogen-bond donors (Lipinski definition) is 3. The molecule has 7 nitrogen and oxygen atoms in total. The lowest BCUT2D eigenvalue weighted by molar-refractivity contribution is -0.115. The molecule has 0 aliphatic heterocycles. The first kappa shape index (κ1) is 30.4. The second kappa shape index (κ2) is 14.4. The Labute approximate surface area is 254 Å². The van der Waals surface area contributed by atoms with Crippen LogP contribution in [-0.4, -0.2) is 30.1 Å². The van der Waals surface area contributed by atoms with Crippen LogP contribution in [0.2, 0.25) is 5.02 Å². The number of methoxy groups -OCH3 is 1. The zero-order valence-corrected chi connectivity index (χ0v) is 24.9. The van der Waals surface area contributed by atoms with Gasteiger partial charge in [-0.2, -0.15) is 0 Å². The molecule has 42 heavy (non-hydrogen) atoms. The lowest BCUT2D eigenvalue weighted by Gasteiger charge is -2.14. The van der Waals surface area contributed by atoms with Crippen LogP contribution in [-0.2, 0) is 9.59 Å². The summed E-state index contributed by atoms with van der Waals surface area (Å²) in [6.07, 6.45) is 1.57. The van der Waals surface area contributed by atoms with Gasteiger partial charge in [-0.05, 0) is 80.1 Å². The number of benzene rings is 4. The number of halogens is 1. The van der Waals surface area contributed by atoms with Crippen molar-refractivity contribution in [2.75, 3.05) is 17.7 Å². The molecule has 0 fully saturated rings. The predicted molar refractivity (Wildman–Crippen MR) is 170 cm³/mol. The number of para-hydroxylation sites is 1. The van der Waals surface area contributed by atoms with E-state index in [0.717, 1.165) is 10.5 Å². The largest absolute Gasteiger partial charge is 0.496 e. The highest BCUT2D eigenvalue weighted by Crippen LogP contribution is 2.27. The van der Waals surface area contributed by atoms with Crippen LogP contribution in [0.1, 0.15) is 28.4 Å². The smallest absolute Gasteiger partial charge is 0.272 e. The first-order chi connectivity index (χ1) is 20.2. The van der Waals surface area contributed by atoms with Crippen molar-refractivity contribution in [3.63, 3.8) is 0 Å². The van der Waals surface area contributed by atoms with Crippen molar-refractivity contribution in [3.05, 3.63) is 124 Å². The Kier molecular flexibility index (Phi) is 10.4. The van der Waals surface area contributed by atoms with Gasteiger partial charge in [-0.3, -0.25) is 14.4 Å². The van der Waals surface area contributed by atoms with Crippen LogP contribution in [0, 0.1) is 6.92 Å². The Hall–Kier alpha value is -4.53. The van der Waals surface area contributed by atoms with Crippen molar-refractivity contribution in [3.8, 4) is 5.75 Å². The molecule has 214 valence electrons. The van der Waals surface area contributed by atoms with E-state index in [0.29, 0.717) is 33.3 Å². The van der Waals surface area contributed by atoms with Gasteiger partial charge in [0, 0.05) is 32.4 Å². The van der Waals surface area contributed by atoms with Crippen LogP contribution >= 0.6 is 23.4 Å². The standard InChI is InChI=1S/C33H30ClN3O4S/c1-21-13-14-26(20-28(21)34)36-31(38)22(2)42-27-17-15-25(16-18-27)35-33(40)29(19-24-11-7-8-12-30(24)41-3)37-32(39)23-9-5-4-6-10-23/h4-20,22H,1-3H3,(H,35,40)(H,36,38)(H,37,39)/b29-19-. The van der Waals surface area contributed by atoms with E-state index >= 15 is 0 Å². The van der Waals surface area contributed by atoms with Gasteiger partial charge in [-0.15, -0.1) is 11.8 Å². The highest BCUT2D eigenvalue weighted by atomic mass is 35.5. The molecule has 4 rings (SSSR count). The quantitative estimate of drug-likeness (QED) is 0.132. The molecule has 0 spiro atoms. The Bertz CT molecular complexity index is 1610. The molecule has 0 bridgehead atoms. The molecule has 0 saturated heterocycles. The van der Waals surface area contributed by atoms with Crippen LogP contribution < -0.4 is 20.7 Å². The normalized spacial score (nSPS) is 11.8. The molecule has 0 heterocycles. The van der Waals surface area contributed by atoms with Crippen molar-refractivity contribution in [1.29, 1.82) is 0 Å². The van der Waals surface area contributed by atoms with Gasteiger partial charge in [-0.1, -0.05) is 54.1 Å². The van der Waals surface area contributed by atoms with E-state index in [1.54, 1.807) is 60.7 Å². The molecular weight excluding hydrogens is 570 g/mol. The third kappa shape index (κ3) is 8.25. The Morgan fingerprint density at radius 2 is 1.52 bits per heavy atom. The summed E-state index contributed by atoms with van der Waals surface area (Å²) in [5, 5.41) is 8.66. The van der Waals surface area contributed by atoms with Gasteiger partial charge in [-0.25, -0.2) is 0 Å². The maximum Gasteiger partial charge on any atom is 0.272 e. The van der Waals surface area contributed by atoms with Crippen molar-refractivity contribution in [1.82, 2.24) is 5.32 Å². The molecule has 0 aliphatic carbocycles. The fourth-order valence-electron chi connectivity index (χ4n) is 3.87. The van der Waals surface area contributed by atoms with Crippen molar-refractivity contribution in [2.45, 2.75) is 24.0 Å². The summed E-state index contributed by atoms with van der Waals surface area (Å²) in [5.41, 5.74) is 3.19. The molecule has 1 unspecified atom stereocenters. The molecule has 1 atom stereocenters.